The molecule has 124 valence electrons. The van der Waals surface area contributed by atoms with Crippen molar-refractivity contribution in [1.82, 2.24) is 5.43 Å². The molecular formula is C16H13BrClN3O3. The molecule has 6 nitrogen and oxygen atoms in total. The number of phenols is 1. The number of halogens is 2. The topological polar surface area (TPSA) is 90.8 Å². The van der Waals surface area contributed by atoms with Gasteiger partial charge in [-0.05, 0) is 46.3 Å². The van der Waals surface area contributed by atoms with Crippen LogP contribution >= 0.6 is 27.5 Å². The molecule has 0 aliphatic heterocycles. The second kappa shape index (κ2) is 7.94. The largest absolute Gasteiger partial charge is 0.506 e. The van der Waals surface area contributed by atoms with Gasteiger partial charge in [-0.3, -0.25) is 9.59 Å². The quantitative estimate of drug-likeness (QED) is 0.532. The van der Waals surface area contributed by atoms with Crippen molar-refractivity contribution in [1.29, 1.82) is 0 Å². The molecule has 0 radical (unpaired) electrons. The van der Waals surface area contributed by atoms with Crippen LogP contribution in [0.15, 0.2) is 46.0 Å². The van der Waals surface area contributed by atoms with Gasteiger partial charge in [0.05, 0.1) is 10.7 Å². The van der Waals surface area contributed by atoms with Gasteiger partial charge in [-0.2, -0.15) is 5.10 Å². The minimum atomic E-state index is -0.459. The number of rotatable bonds is 4. The summed E-state index contributed by atoms with van der Waals surface area (Å²) in [6.45, 7) is 1.38. The summed E-state index contributed by atoms with van der Waals surface area (Å²) < 4.78 is 0.422. The maximum Gasteiger partial charge on any atom is 0.271 e. The van der Waals surface area contributed by atoms with Crippen LogP contribution in [0.1, 0.15) is 22.8 Å². The monoisotopic (exact) mass is 409 g/mol. The third-order valence-corrected chi connectivity index (χ3v) is 3.70. The van der Waals surface area contributed by atoms with Crippen LogP contribution in [0.25, 0.3) is 0 Å². The highest BCUT2D eigenvalue weighted by molar-refractivity contribution is 9.10. The molecule has 0 bridgehead atoms. The molecule has 2 amide bonds. The van der Waals surface area contributed by atoms with E-state index in [1.165, 1.54) is 25.3 Å². The number of anilines is 1. The Balaban J connectivity index is 2.09. The van der Waals surface area contributed by atoms with E-state index in [1.807, 2.05) is 0 Å². The van der Waals surface area contributed by atoms with Crippen LogP contribution in [0.5, 0.6) is 5.75 Å². The molecule has 0 saturated heterocycles. The number of aromatic hydroxyl groups is 1. The highest BCUT2D eigenvalue weighted by Gasteiger charge is 2.07. The predicted octanol–water partition coefficient (Wildman–Crippen LogP) is 3.53. The first-order valence-electron chi connectivity index (χ1n) is 6.76. The molecule has 24 heavy (non-hydrogen) atoms. The average molecular weight is 411 g/mol. The molecule has 8 heteroatoms. The molecule has 2 aromatic rings. The van der Waals surface area contributed by atoms with Gasteiger partial charge in [0.15, 0.2) is 0 Å². The highest BCUT2D eigenvalue weighted by atomic mass is 79.9. The van der Waals surface area contributed by atoms with E-state index in [1.54, 1.807) is 24.3 Å². The van der Waals surface area contributed by atoms with E-state index in [-0.39, 0.29) is 11.7 Å². The third kappa shape index (κ3) is 4.81. The van der Waals surface area contributed by atoms with Crippen molar-refractivity contribution in [3.8, 4) is 5.75 Å². The van der Waals surface area contributed by atoms with Crippen molar-refractivity contribution in [2.45, 2.75) is 6.92 Å². The number of hydrogen-bond donors (Lipinski definition) is 3. The second-order valence-electron chi connectivity index (χ2n) is 4.79. The lowest BCUT2D eigenvalue weighted by molar-refractivity contribution is -0.114. The number of phenolic OH excluding ortho intramolecular Hbond substituents is 1. The van der Waals surface area contributed by atoms with Gasteiger partial charge in [-0.25, -0.2) is 5.43 Å². The van der Waals surface area contributed by atoms with Crippen LogP contribution in [0.3, 0.4) is 0 Å². The first-order chi connectivity index (χ1) is 11.4. The van der Waals surface area contributed by atoms with Crippen molar-refractivity contribution < 1.29 is 14.7 Å². The molecule has 0 heterocycles. The zero-order valence-electron chi connectivity index (χ0n) is 12.5. The van der Waals surface area contributed by atoms with Crippen LogP contribution in [0, 0.1) is 0 Å². The molecule has 3 N–H and O–H groups in total. The molecule has 0 aromatic heterocycles. The number of hydrogen-bond acceptors (Lipinski definition) is 4. The Hall–Kier alpha value is -2.38. The summed E-state index contributed by atoms with van der Waals surface area (Å²) in [7, 11) is 0. The van der Waals surface area contributed by atoms with E-state index in [4.69, 9.17) is 11.6 Å². The number of benzene rings is 2. The smallest absolute Gasteiger partial charge is 0.271 e. The van der Waals surface area contributed by atoms with E-state index in [0.717, 1.165) is 0 Å². The Bertz CT molecular complexity index is 824. The molecule has 2 aromatic carbocycles. The fourth-order valence-electron chi connectivity index (χ4n) is 1.85. The summed E-state index contributed by atoms with van der Waals surface area (Å²) in [5, 5.41) is 16.7. The number of nitrogens with zero attached hydrogens (tertiary/aromatic N) is 1. The van der Waals surface area contributed by atoms with Crippen LogP contribution in [0.2, 0.25) is 5.02 Å². The molecule has 0 fully saturated rings. The third-order valence-electron chi connectivity index (χ3n) is 2.87. The Morgan fingerprint density at radius 2 is 2.04 bits per heavy atom. The zero-order chi connectivity index (χ0) is 17.7. The van der Waals surface area contributed by atoms with E-state index < -0.39 is 5.91 Å². The van der Waals surface area contributed by atoms with Gasteiger partial charge in [0.1, 0.15) is 5.75 Å². The SMILES string of the molecule is CC(=O)Nc1cccc(C(=O)NN=Cc2cc(Cl)cc(Br)c2O)c1. The first-order valence-corrected chi connectivity index (χ1v) is 7.93. The van der Waals surface area contributed by atoms with Gasteiger partial charge < -0.3 is 10.4 Å². The fraction of sp³-hybridized carbons (Fsp3) is 0.0625. The standard InChI is InChI=1S/C16H13BrClN3O3/c1-9(22)20-13-4-2-3-10(6-13)16(24)21-19-8-11-5-12(18)7-14(17)15(11)23/h2-8,23H,1H3,(H,20,22)(H,21,24). The van der Waals surface area contributed by atoms with Gasteiger partial charge in [-0.15, -0.1) is 0 Å². The maximum absolute atomic E-state index is 12.1. The lowest BCUT2D eigenvalue weighted by atomic mass is 10.2. The lowest BCUT2D eigenvalue weighted by Gasteiger charge is -2.05. The van der Waals surface area contributed by atoms with E-state index in [9.17, 15) is 14.7 Å². The summed E-state index contributed by atoms with van der Waals surface area (Å²) in [5.74, 6) is -0.725. The van der Waals surface area contributed by atoms with Gasteiger partial charge >= 0.3 is 0 Å². The summed E-state index contributed by atoms with van der Waals surface area (Å²) >= 11 is 9.06. The van der Waals surface area contributed by atoms with Crippen LogP contribution in [0.4, 0.5) is 5.69 Å². The van der Waals surface area contributed by atoms with Crippen molar-refractivity contribution in [3.63, 3.8) is 0 Å². The van der Waals surface area contributed by atoms with Gasteiger partial charge in [0, 0.05) is 28.8 Å². The Morgan fingerprint density at radius 3 is 2.75 bits per heavy atom. The van der Waals surface area contributed by atoms with Gasteiger partial charge in [-0.1, -0.05) is 17.7 Å². The average Bonchev–Trinajstić information content (AvgIpc) is 2.51. The van der Waals surface area contributed by atoms with Crippen molar-refractivity contribution in [2.24, 2.45) is 5.10 Å². The number of amides is 2. The maximum atomic E-state index is 12.1. The van der Waals surface area contributed by atoms with Crippen LogP contribution in [-0.2, 0) is 4.79 Å². The Morgan fingerprint density at radius 1 is 1.29 bits per heavy atom. The lowest BCUT2D eigenvalue weighted by Crippen LogP contribution is -2.18. The van der Waals surface area contributed by atoms with Crippen molar-refractivity contribution in [3.05, 3.63) is 57.0 Å². The van der Waals surface area contributed by atoms with Gasteiger partial charge in [0.2, 0.25) is 5.91 Å². The molecule has 0 spiro atoms. The second-order valence-corrected chi connectivity index (χ2v) is 6.08. The summed E-state index contributed by atoms with van der Waals surface area (Å²) in [4.78, 5) is 23.1. The van der Waals surface area contributed by atoms with Gasteiger partial charge in [0.25, 0.3) is 5.91 Å². The summed E-state index contributed by atoms with van der Waals surface area (Å²) in [5.41, 5.74) is 3.53. The number of nitrogens with one attached hydrogen (secondary N) is 2. The zero-order valence-corrected chi connectivity index (χ0v) is 14.9. The molecular weight excluding hydrogens is 398 g/mol. The summed E-state index contributed by atoms with van der Waals surface area (Å²) in [6.07, 6.45) is 1.28. The van der Waals surface area contributed by atoms with Crippen molar-refractivity contribution in [2.75, 3.05) is 5.32 Å². The first kappa shape index (κ1) is 18.0. The van der Waals surface area contributed by atoms with E-state index >= 15 is 0 Å². The fourth-order valence-corrected chi connectivity index (χ4v) is 2.68. The summed E-state index contributed by atoms with van der Waals surface area (Å²) in [6, 6.07) is 9.48. The molecule has 2 rings (SSSR count). The van der Waals surface area contributed by atoms with Crippen molar-refractivity contribution >= 4 is 51.2 Å². The van der Waals surface area contributed by atoms with Crippen LogP contribution in [-0.4, -0.2) is 23.1 Å². The minimum Gasteiger partial charge on any atom is -0.506 e. The molecule has 0 saturated carbocycles. The molecule has 0 atom stereocenters. The number of carbonyl (C=O) groups excluding carboxylic acids is 2. The van der Waals surface area contributed by atoms with Crippen LogP contribution < -0.4 is 10.7 Å². The predicted molar refractivity (Wildman–Crippen MR) is 96.6 cm³/mol. The molecule has 0 unspecified atom stereocenters. The Labute approximate surface area is 151 Å². The van der Waals surface area contributed by atoms with E-state index in [2.05, 4.69) is 31.8 Å². The number of hydrazone groups is 1. The molecule has 0 aliphatic rings. The number of carbonyl (C=O) groups is 2. The Kier molecular flexibility index (Phi) is 5.94. The minimum absolute atomic E-state index is 0.0370. The normalized spacial score (nSPS) is 10.6. The highest BCUT2D eigenvalue weighted by Crippen LogP contribution is 2.30. The van der Waals surface area contributed by atoms with E-state index in [0.29, 0.717) is 26.3 Å². The molecule has 0 aliphatic carbocycles.